The first-order valence-corrected chi connectivity index (χ1v) is 6.43. The van der Waals surface area contributed by atoms with Crippen LogP contribution in [0.15, 0.2) is 23.1 Å². The predicted octanol–water partition coefficient (Wildman–Crippen LogP) is 2.51. The number of fused-ring (bicyclic) bond motifs is 1. The minimum absolute atomic E-state index is 0.256. The number of thioether (sulfide) groups is 1. The Kier molecular flexibility index (Phi) is 2.18. The molecule has 0 aromatic heterocycles. The van der Waals surface area contributed by atoms with Crippen LogP contribution in [0.25, 0.3) is 0 Å². The summed E-state index contributed by atoms with van der Waals surface area (Å²) in [6.07, 6.45) is 3.77. The topological polar surface area (TPSA) is 35.2 Å². The molecule has 1 saturated carbocycles. The van der Waals surface area contributed by atoms with Crippen LogP contribution in [0.2, 0.25) is 0 Å². The molecule has 2 aliphatic rings. The van der Waals surface area contributed by atoms with Gasteiger partial charge in [0.25, 0.3) is 0 Å². The van der Waals surface area contributed by atoms with Crippen molar-refractivity contribution in [3.05, 3.63) is 23.8 Å². The Labute approximate surface area is 94.2 Å². The van der Waals surface area contributed by atoms with Crippen LogP contribution in [-0.4, -0.2) is 12.5 Å². The molecule has 2 nitrogen and oxygen atoms in total. The number of ether oxygens (including phenoxy) is 1. The van der Waals surface area contributed by atoms with E-state index in [1.54, 1.807) is 11.8 Å². The smallest absolute Gasteiger partial charge is 0.138 e. The summed E-state index contributed by atoms with van der Waals surface area (Å²) in [5.74, 6) is 1.81. The van der Waals surface area contributed by atoms with Gasteiger partial charge in [-0.2, -0.15) is 0 Å². The summed E-state index contributed by atoms with van der Waals surface area (Å²) in [6, 6.07) is 6.60. The van der Waals surface area contributed by atoms with E-state index in [9.17, 15) is 0 Å². The molecule has 15 heavy (non-hydrogen) atoms. The van der Waals surface area contributed by atoms with E-state index < -0.39 is 0 Å². The number of benzene rings is 1. The first-order valence-electron chi connectivity index (χ1n) is 5.44. The standard InChI is InChI=1S/C12H15NOS/c13-7-12(4-1-5-12)9-2-3-11-10(6-9)14-8-15-11/h2-3,6H,1,4-5,7-8,13H2. The maximum Gasteiger partial charge on any atom is 0.138 e. The summed E-state index contributed by atoms with van der Waals surface area (Å²) in [6.45, 7) is 0.763. The fraction of sp³-hybridized carbons (Fsp3) is 0.500. The van der Waals surface area contributed by atoms with Crippen LogP contribution in [0.4, 0.5) is 0 Å². The lowest BCUT2D eigenvalue weighted by molar-refractivity contribution is 0.252. The van der Waals surface area contributed by atoms with E-state index in [2.05, 4.69) is 18.2 Å². The molecule has 0 radical (unpaired) electrons. The van der Waals surface area contributed by atoms with E-state index >= 15 is 0 Å². The van der Waals surface area contributed by atoms with Gasteiger partial charge in [-0.3, -0.25) is 0 Å². The fourth-order valence-electron chi connectivity index (χ4n) is 2.44. The normalized spacial score (nSPS) is 21.7. The van der Waals surface area contributed by atoms with E-state index in [1.165, 1.54) is 29.7 Å². The molecule has 0 bridgehead atoms. The second-order valence-electron chi connectivity index (χ2n) is 4.41. The molecule has 0 spiro atoms. The van der Waals surface area contributed by atoms with Crippen LogP contribution < -0.4 is 10.5 Å². The highest BCUT2D eigenvalue weighted by Gasteiger charge is 2.37. The van der Waals surface area contributed by atoms with Gasteiger partial charge in [-0.05, 0) is 30.5 Å². The molecule has 80 valence electrons. The molecule has 2 N–H and O–H groups in total. The summed E-state index contributed by atoms with van der Waals surface area (Å²) in [7, 11) is 0. The van der Waals surface area contributed by atoms with Gasteiger partial charge in [0.15, 0.2) is 0 Å². The highest BCUT2D eigenvalue weighted by atomic mass is 32.2. The van der Waals surface area contributed by atoms with Crippen molar-refractivity contribution in [3.8, 4) is 5.75 Å². The highest BCUT2D eigenvalue weighted by molar-refractivity contribution is 7.99. The maximum absolute atomic E-state index is 5.90. The molecule has 0 saturated heterocycles. The van der Waals surface area contributed by atoms with Gasteiger partial charge in [0.1, 0.15) is 11.7 Å². The first kappa shape index (κ1) is 9.55. The molecule has 1 aliphatic carbocycles. The van der Waals surface area contributed by atoms with Gasteiger partial charge in [-0.15, -0.1) is 0 Å². The van der Waals surface area contributed by atoms with Crippen LogP contribution in [0.5, 0.6) is 5.75 Å². The predicted molar refractivity (Wildman–Crippen MR) is 62.4 cm³/mol. The Morgan fingerprint density at radius 2 is 2.27 bits per heavy atom. The van der Waals surface area contributed by atoms with Gasteiger partial charge in [-0.25, -0.2) is 0 Å². The Balaban J connectivity index is 1.98. The minimum Gasteiger partial charge on any atom is -0.481 e. The molecule has 0 unspecified atom stereocenters. The van der Waals surface area contributed by atoms with Crippen molar-refractivity contribution in [2.24, 2.45) is 5.73 Å². The lowest BCUT2D eigenvalue weighted by Crippen LogP contribution is -2.41. The van der Waals surface area contributed by atoms with Crippen LogP contribution >= 0.6 is 11.8 Å². The summed E-state index contributed by atoms with van der Waals surface area (Å²) < 4.78 is 5.57. The molecule has 0 atom stereocenters. The molecule has 1 fully saturated rings. The zero-order chi connectivity index (χ0) is 10.3. The van der Waals surface area contributed by atoms with Gasteiger partial charge < -0.3 is 10.5 Å². The van der Waals surface area contributed by atoms with Gasteiger partial charge in [0.2, 0.25) is 0 Å². The molecule has 3 heteroatoms. The van der Waals surface area contributed by atoms with E-state index in [4.69, 9.17) is 10.5 Å². The molecule has 0 amide bonds. The molecule has 3 rings (SSSR count). The maximum atomic E-state index is 5.90. The number of nitrogens with two attached hydrogens (primary N) is 1. The van der Waals surface area contributed by atoms with E-state index in [0.29, 0.717) is 0 Å². The Bertz CT molecular complexity index is 382. The van der Waals surface area contributed by atoms with Crippen LogP contribution in [0, 0.1) is 0 Å². The van der Waals surface area contributed by atoms with Gasteiger partial charge in [-0.1, -0.05) is 24.2 Å². The Morgan fingerprint density at radius 3 is 2.93 bits per heavy atom. The van der Waals surface area contributed by atoms with Gasteiger partial charge in [0, 0.05) is 12.0 Å². The van der Waals surface area contributed by atoms with E-state index in [0.717, 1.165) is 18.2 Å². The third-order valence-electron chi connectivity index (χ3n) is 3.69. The summed E-state index contributed by atoms with van der Waals surface area (Å²) in [5, 5.41) is 0. The molecule has 1 aromatic carbocycles. The van der Waals surface area contributed by atoms with Crippen LogP contribution in [-0.2, 0) is 5.41 Å². The highest BCUT2D eigenvalue weighted by Crippen LogP contribution is 2.46. The van der Waals surface area contributed by atoms with Gasteiger partial charge >= 0.3 is 0 Å². The first-order chi connectivity index (χ1) is 7.34. The number of rotatable bonds is 2. The largest absolute Gasteiger partial charge is 0.481 e. The number of hydrogen-bond donors (Lipinski definition) is 1. The summed E-state index contributed by atoms with van der Waals surface area (Å²) >= 11 is 1.77. The third kappa shape index (κ3) is 1.37. The lowest BCUT2D eigenvalue weighted by Gasteiger charge is -2.41. The fourth-order valence-corrected chi connectivity index (χ4v) is 3.18. The van der Waals surface area contributed by atoms with Crippen molar-refractivity contribution >= 4 is 11.8 Å². The monoisotopic (exact) mass is 221 g/mol. The van der Waals surface area contributed by atoms with E-state index in [1.807, 2.05) is 0 Å². The lowest BCUT2D eigenvalue weighted by atomic mass is 9.64. The third-order valence-corrected chi connectivity index (χ3v) is 4.57. The molecule has 1 heterocycles. The quantitative estimate of drug-likeness (QED) is 0.833. The van der Waals surface area contributed by atoms with Crippen molar-refractivity contribution in [2.45, 2.75) is 29.6 Å². The molecule has 1 aromatic rings. The molecular formula is C12H15NOS. The van der Waals surface area contributed by atoms with Gasteiger partial charge in [0.05, 0.1) is 4.90 Å². The van der Waals surface area contributed by atoms with Crippen LogP contribution in [0.1, 0.15) is 24.8 Å². The average Bonchev–Trinajstić information content (AvgIpc) is 2.64. The Morgan fingerprint density at radius 1 is 1.40 bits per heavy atom. The zero-order valence-corrected chi connectivity index (χ0v) is 9.48. The SMILES string of the molecule is NCC1(c2ccc3c(c2)OCS3)CCC1. The van der Waals surface area contributed by atoms with Crippen molar-refractivity contribution < 1.29 is 4.74 Å². The van der Waals surface area contributed by atoms with Crippen LogP contribution in [0.3, 0.4) is 0 Å². The van der Waals surface area contributed by atoms with Crippen molar-refractivity contribution in [1.29, 1.82) is 0 Å². The van der Waals surface area contributed by atoms with Crippen molar-refractivity contribution in [1.82, 2.24) is 0 Å². The molecular weight excluding hydrogens is 206 g/mol. The average molecular weight is 221 g/mol. The zero-order valence-electron chi connectivity index (χ0n) is 8.66. The molecule has 1 aliphatic heterocycles. The van der Waals surface area contributed by atoms with E-state index in [-0.39, 0.29) is 5.41 Å². The van der Waals surface area contributed by atoms with Crippen molar-refractivity contribution in [2.75, 3.05) is 12.5 Å². The minimum atomic E-state index is 0.256. The second-order valence-corrected chi connectivity index (χ2v) is 5.37. The second kappa shape index (κ2) is 3.42. The number of hydrogen-bond acceptors (Lipinski definition) is 3. The summed E-state index contributed by atoms with van der Waals surface area (Å²) in [5.41, 5.74) is 7.53. The summed E-state index contributed by atoms with van der Waals surface area (Å²) in [4.78, 5) is 1.27. The Hall–Kier alpha value is -0.670. The van der Waals surface area contributed by atoms with Crippen molar-refractivity contribution in [3.63, 3.8) is 0 Å².